The van der Waals surface area contributed by atoms with E-state index in [1.54, 1.807) is 37.3 Å². The molecule has 0 unspecified atom stereocenters. The maximum Gasteiger partial charge on any atom is 0.258 e. The van der Waals surface area contributed by atoms with Crippen molar-refractivity contribution in [1.29, 1.82) is 0 Å². The third-order valence-corrected chi connectivity index (χ3v) is 1.90. The van der Waals surface area contributed by atoms with Crippen molar-refractivity contribution in [3.05, 3.63) is 47.7 Å². The molecule has 2 aromatic rings. The number of hydrogen-bond donors (Lipinski definition) is 1. The van der Waals surface area contributed by atoms with Crippen LogP contribution in [0.4, 0.5) is 5.88 Å². The smallest absolute Gasteiger partial charge is 0.258 e. The van der Waals surface area contributed by atoms with E-state index >= 15 is 0 Å². The standard InChI is InChI=1S/C11H10N2O2/c1-8-7-10(15-13-8)12-11(14)9-5-3-2-4-6-9/h2-7H,1H3,(H,12,14). The number of aryl methyl sites for hydroxylation is 1. The van der Waals surface area contributed by atoms with E-state index in [0.717, 1.165) is 5.69 Å². The molecule has 0 radical (unpaired) electrons. The summed E-state index contributed by atoms with van der Waals surface area (Å²) in [6.07, 6.45) is 0. The Bertz CT molecular complexity index is 462. The average Bonchev–Trinajstić information content (AvgIpc) is 2.65. The van der Waals surface area contributed by atoms with Crippen molar-refractivity contribution in [2.75, 3.05) is 5.32 Å². The highest BCUT2D eigenvalue weighted by Crippen LogP contribution is 2.10. The van der Waals surface area contributed by atoms with E-state index in [-0.39, 0.29) is 5.91 Å². The van der Waals surface area contributed by atoms with Crippen LogP contribution in [0, 0.1) is 6.92 Å². The van der Waals surface area contributed by atoms with Crippen LogP contribution in [0.15, 0.2) is 40.9 Å². The van der Waals surface area contributed by atoms with Gasteiger partial charge in [0.15, 0.2) is 0 Å². The van der Waals surface area contributed by atoms with Gasteiger partial charge in [-0.3, -0.25) is 10.1 Å². The SMILES string of the molecule is Cc1cc(NC(=O)c2ccccc2)on1. The molecule has 0 atom stereocenters. The number of amides is 1. The van der Waals surface area contributed by atoms with Gasteiger partial charge >= 0.3 is 0 Å². The molecule has 0 spiro atoms. The number of benzene rings is 1. The van der Waals surface area contributed by atoms with Crippen molar-refractivity contribution in [2.24, 2.45) is 0 Å². The lowest BCUT2D eigenvalue weighted by molar-refractivity contribution is 0.102. The van der Waals surface area contributed by atoms with Gasteiger partial charge in [0.2, 0.25) is 5.88 Å². The summed E-state index contributed by atoms with van der Waals surface area (Å²) in [5, 5.41) is 6.28. The van der Waals surface area contributed by atoms with Crippen LogP contribution in [0.1, 0.15) is 16.1 Å². The predicted molar refractivity (Wildman–Crippen MR) is 55.6 cm³/mol. The second kappa shape index (κ2) is 3.96. The molecule has 1 aromatic carbocycles. The summed E-state index contributed by atoms with van der Waals surface area (Å²) in [6.45, 7) is 1.79. The molecule has 76 valence electrons. The maximum atomic E-state index is 11.6. The monoisotopic (exact) mass is 202 g/mol. The van der Waals surface area contributed by atoms with Gasteiger partial charge in [-0.25, -0.2) is 0 Å². The first-order valence-electron chi connectivity index (χ1n) is 4.55. The van der Waals surface area contributed by atoms with E-state index in [0.29, 0.717) is 11.4 Å². The largest absolute Gasteiger partial charge is 0.338 e. The third kappa shape index (κ3) is 2.22. The fraction of sp³-hybridized carbons (Fsp3) is 0.0909. The van der Waals surface area contributed by atoms with E-state index in [9.17, 15) is 4.79 Å². The molecule has 1 N–H and O–H groups in total. The number of anilines is 1. The summed E-state index contributed by atoms with van der Waals surface area (Å²) < 4.78 is 4.87. The Labute approximate surface area is 86.9 Å². The summed E-state index contributed by atoms with van der Waals surface area (Å²) in [5.74, 6) is 0.160. The van der Waals surface area contributed by atoms with Crippen LogP contribution in [0.3, 0.4) is 0 Å². The molecule has 1 aromatic heterocycles. The molecule has 15 heavy (non-hydrogen) atoms. The zero-order valence-electron chi connectivity index (χ0n) is 8.23. The van der Waals surface area contributed by atoms with Crippen LogP contribution in [0.2, 0.25) is 0 Å². The Morgan fingerprint density at radius 1 is 1.33 bits per heavy atom. The Morgan fingerprint density at radius 2 is 2.07 bits per heavy atom. The molecule has 0 saturated carbocycles. The zero-order chi connectivity index (χ0) is 10.7. The van der Waals surface area contributed by atoms with Crippen molar-refractivity contribution in [1.82, 2.24) is 5.16 Å². The van der Waals surface area contributed by atoms with Gasteiger partial charge in [0.05, 0.1) is 5.69 Å². The summed E-state index contributed by atoms with van der Waals surface area (Å²) in [7, 11) is 0. The van der Waals surface area contributed by atoms with Crippen molar-refractivity contribution >= 4 is 11.8 Å². The first-order valence-corrected chi connectivity index (χ1v) is 4.55. The minimum Gasteiger partial charge on any atom is -0.338 e. The fourth-order valence-corrected chi connectivity index (χ4v) is 1.20. The van der Waals surface area contributed by atoms with Gasteiger partial charge < -0.3 is 4.52 Å². The van der Waals surface area contributed by atoms with Gasteiger partial charge in [0, 0.05) is 11.6 Å². The number of carbonyl (C=O) groups is 1. The lowest BCUT2D eigenvalue weighted by Crippen LogP contribution is -2.10. The highest BCUT2D eigenvalue weighted by atomic mass is 16.5. The average molecular weight is 202 g/mol. The maximum absolute atomic E-state index is 11.6. The number of nitrogens with zero attached hydrogens (tertiary/aromatic N) is 1. The summed E-state index contributed by atoms with van der Waals surface area (Å²) in [5.41, 5.74) is 1.32. The Hall–Kier alpha value is -2.10. The predicted octanol–water partition coefficient (Wildman–Crippen LogP) is 2.24. The molecule has 4 heteroatoms. The van der Waals surface area contributed by atoms with Crippen LogP contribution in [0.25, 0.3) is 0 Å². The minimum absolute atomic E-state index is 0.202. The van der Waals surface area contributed by atoms with Crippen molar-refractivity contribution in [3.63, 3.8) is 0 Å². The Kier molecular flexibility index (Phi) is 2.49. The highest BCUT2D eigenvalue weighted by Gasteiger charge is 2.07. The van der Waals surface area contributed by atoms with E-state index in [1.165, 1.54) is 0 Å². The highest BCUT2D eigenvalue weighted by molar-refractivity contribution is 6.03. The molecule has 0 aliphatic rings. The van der Waals surface area contributed by atoms with Crippen LogP contribution in [-0.2, 0) is 0 Å². The number of nitrogens with one attached hydrogen (secondary N) is 1. The molecule has 0 bridgehead atoms. The molecule has 1 heterocycles. The third-order valence-electron chi connectivity index (χ3n) is 1.90. The minimum atomic E-state index is -0.202. The number of rotatable bonds is 2. The Morgan fingerprint density at radius 3 is 2.67 bits per heavy atom. The Balaban J connectivity index is 2.11. The lowest BCUT2D eigenvalue weighted by atomic mass is 10.2. The second-order valence-electron chi connectivity index (χ2n) is 3.15. The topological polar surface area (TPSA) is 55.1 Å². The van der Waals surface area contributed by atoms with Crippen molar-refractivity contribution in [3.8, 4) is 0 Å². The second-order valence-corrected chi connectivity index (χ2v) is 3.15. The van der Waals surface area contributed by atoms with Crippen LogP contribution < -0.4 is 5.32 Å². The zero-order valence-corrected chi connectivity index (χ0v) is 8.23. The molecular weight excluding hydrogens is 192 g/mol. The molecule has 1 amide bonds. The van der Waals surface area contributed by atoms with Crippen molar-refractivity contribution in [2.45, 2.75) is 6.92 Å². The van der Waals surface area contributed by atoms with Gasteiger partial charge in [0.25, 0.3) is 5.91 Å². The van der Waals surface area contributed by atoms with Gasteiger partial charge in [-0.1, -0.05) is 23.4 Å². The van der Waals surface area contributed by atoms with Gasteiger partial charge in [-0.2, -0.15) is 0 Å². The van der Waals surface area contributed by atoms with Gasteiger partial charge in [-0.15, -0.1) is 0 Å². The number of carbonyl (C=O) groups excluding carboxylic acids is 1. The fourth-order valence-electron chi connectivity index (χ4n) is 1.20. The van der Waals surface area contributed by atoms with E-state index in [4.69, 9.17) is 4.52 Å². The molecule has 0 aliphatic carbocycles. The molecule has 0 fully saturated rings. The molecule has 0 saturated heterocycles. The number of aromatic nitrogens is 1. The van der Waals surface area contributed by atoms with Crippen molar-refractivity contribution < 1.29 is 9.32 Å². The lowest BCUT2D eigenvalue weighted by Gasteiger charge is -1.99. The van der Waals surface area contributed by atoms with Gasteiger partial charge in [0.1, 0.15) is 0 Å². The first-order chi connectivity index (χ1) is 7.25. The summed E-state index contributed by atoms with van der Waals surface area (Å²) in [6, 6.07) is 10.6. The van der Waals surface area contributed by atoms with E-state index < -0.39 is 0 Å². The van der Waals surface area contributed by atoms with Crippen LogP contribution in [-0.4, -0.2) is 11.1 Å². The van der Waals surface area contributed by atoms with Gasteiger partial charge in [-0.05, 0) is 19.1 Å². The molecular formula is C11H10N2O2. The summed E-state index contributed by atoms with van der Waals surface area (Å²) in [4.78, 5) is 11.6. The summed E-state index contributed by atoms with van der Waals surface area (Å²) >= 11 is 0. The number of hydrogen-bond acceptors (Lipinski definition) is 3. The molecule has 0 aliphatic heterocycles. The normalized spacial score (nSPS) is 9.93. The quantitative estimate of drug-likeness (QED) is 0.812. The molecule has 2 rings (SSSR count). The van der Waals surface area contributed by atoms with Crippen LogP contribution in [0.5, 0.6) is 0 Å². The van der Waals surface area contributed by atoms with E-state index in [1.807, 2.05) is 6.07 Å². The first kappa shape index (κ1) is 9.45. The van der Waals surface area contributed by atoms with Crippen LogP contribution >= 0.6 is 0 Å². The molecule has 4 nitrogen and oxygen atoms in total. The van der Waals surface area contributed by atoms with E-state index in [2.05, 4.69) is 10.5 Å².